The van der Waals surface area contributed by atoms with Crippen molar-refractivity contribution >= 4 is 39.1 Å². The Morgan fingerprint density at radius 3 is 2.69 bits per heavy atom. The molecule has 0 bridgehead atoms. The molecule has 1 heterocycles. The highest BCUT2D eigenvalue weighted by molar-refractivity contribution is 7.89. The van der Waals surface area contributed by atoms with E-state index in [1.807, 2.05) is 18.2 Å². The van der Waals surface area contributed by atoms with Gasteiger partial charge in [-0.1, -0.05) is 29.3 Å². The number of sulfonamides is 1. The smallest absolute Gasteiger partial charge is 0.252 e. The molecule has 2 aromatic rings. The Morgan fingerprint density at radius 1 is 1.17 bits per heavy atom. The molecule has 0 saturated carbocycles. The molecule has 0 aromatic heterocycles. The van der Waals surface area contributed by atoms with Gasteiger partial charge in [-0.2, -0.15) is 4.31 Å². The number of carbonyl (C=O) groups is 1. The average molecular weight is 457 g/mol. The molecule has 6 nitrogen and oxygen atoms in total. The molecule has 156 valence electrons. The van der Waals surface area contributed by atoms with Crippen molar-refractivity contribution in [3.8, 4) is 5.75 Å². The summed E-state index contributed by atoms with van der Waals surface area (Å²) in [5, 5.41) is 3.40. The van der Waals surface area contributed by atoms with Gasteiger partial charge in [0.2, 0.25) is 10.0 Å². The second-order valence-corrected chi connectivity index (χ2v) is 9.70. The number of carbonyl (C=O) groups excluding carboxylic acids is 1. The van der Waals surface area contributed by atoms with Crippen LogP contribution in [0.3, 0.4) is 0 Å². The standard InChI is InChI=1S/C20H22Cl2N2O4S/c1-28-17-5-3-15-13-24(9-7-14(15)11-17)29(26,27)10-2-8-23-20(25)18-6-4-16(21)12-19(18)22/h3-6,11-12H,2,7-10,13H2,1H3,(H,23,25). The number of hydrogen-bond acceptors (Lipinski definition) is 4. The van der Waals surface area contributed by atoms with E-state index in [1.54, 1.807) is 13.2 Å². The van der Waals surface area contributed by atoms with Crippen molar-refractivity contribution in [1.29, 1.82) is 0 Å². The summed E-state index contributed by atoms with van der Waals surface area (Å²) in [6.07, 6.45) is 0.961. The van der Waals surface area contributed by atoms with Crippen LogP contribution in [0.4, 0.5) is 0 Å². The highest BCUT2D eigenvalue weighted by Crippen LogP contribution is 2.25. The number of nitrogens with zero attached hydrogens (tertiary/aromatic N) is 1. The first-order valence-electron chi connectivity index (χ1n) is 9.17. The Bertz CT molecular complexity index is 1010. The van der Waals surface area contributed by atoms with Gasteiger partial charge in [-0.05, 0) is 54.3 Å². The fraction of sp³-hybridized carbons (Fsp3) is 0.350. The van der Waals surface area contributed by atoms with Gasteiger partial charge in [0.1, 0.15) is 5.75 Å². The summed E-state index contributed by atoms with van der Waals surface area (Å²) in [4.78, 5) is 12.2. The van der Waals surface area contributed by atoms with Crippen LogP contribution in [-0.2, 0) is 23.0 Å². The summed E-state index contributed by atoms with van der Waals surface area (Å²) >= 11 is 11.8. The maximum absolute atomic E-state index is 12.7. The highest BCUT2D eigenvalue weighted by atomic mass is 35.5. The Hall–Kier alpha value is -1.80. The lowest BCUT2D eigenvalue weighted by Gasteiger charge is -2.28. The largest absolute Gasteiger partial charge is 0.497 e. The lowest BCUT2D eigenvalue weighted by molar-refractivity contribution is 0.0954. The molecule has 9 heteroatoms. The van der Waals surface area contributed by atoms with E-state index in [9.17, 15) is 13.2 Å². The number of hydrogen-bond donors (Lipinski definition) is 1. The molecule has 1 N–H and O–H groups in total. The van der Waals surface area contributed by atoms with E-state index in [0.29, 0.717) is 36.5 Å². The second kappa shape index (κ2) is 9.34. The fourth-order valence-electron chi connectivity index (χ4n) is 3.22. The number of nitrogens with one attached hydrogen (secondary N) is 1. The van der Waals surface area contributed by atoms with Gasteiger partial charge >= 0.3 is 0 Å². The molecule has 0 atom stereocenters. The molecule has 0 radical (unpaired) electrons. The normalized spacial score (nSPS) is 14.3. The van der Waals surface area contributed by atoms with Crippen LogP contribution in [0.25, 0.3) is 0 Å². The molecular formula is C20H22Cl2N2O4S. The predicted molar refractivity (Wildman–Crippen MR) is 114 cm³/mol. The van der Waals surface area contributed by atoms with Crippen molar-refractivity contribution in [3.63, 3.8) is 0 Å². The maximum atomic E-state index is 12.7. The number of fused-ring (bicyclic) bond motifs is 1. The molecule has 1 aliphatic heterocycles. The molecule has 3 rings (SSSR count). The predicted octanol–water partition coefficient (Wildman–Crippen LogP) is 3.51. The Balaban J connectivity index is 1.52. The van der Waals surface area contributed by atoms with Crippen LogP contribution in [0.1, 0.15) is 27.9 Å². The zero-order valence-electron chi connectivity index (χ0n) is 16.0. The fourth-order valence-corrected chi connectivity index (χ4v) is 5.19. The number of ether oxygens (including phenoxy) is 1. The van der Waals surface area contributed by atoms with Crippen molar-refractivity contribution in [2.24, 2.45) is 0 Å². The molecule has 1 amide bonds. The molecule has 0 aliphatic carbocycles. The summed E-state index contributed by atoms with van der Waals surface area (Å²) in [6, 6.07) is 10.3. The summed E-state index contributed by atoms with van der Waals surface area (Å²) in [6.45, 7) is 1.03. The number of amides is 1. The minimum atomic E-state index is -3.41. The zero-order valence-corrected chi connectivity index (χ0v) is 18.3. The maximum Gasteiger partial charge on any atom is 0.252 e. The van der Waals surface area contributed by atoms with Gasteiger partial charge in [0.15, 0.2) is 0 Å². The highest BCUT2D eigenvalue weighted by Gasteiger charge is 2.26. The van der Waals surface area contributed by atoms with Crippen LogP contribution in [0.5, 0.6) is 5.75 Å². The Morgan fingerprint density at radius 2 is 1.97 bits per heavy atom. The zero-order chi connectivity index (χ0) is 21.0. The Kier molecular flexibility index (Phi) is 7.05. The molecule has 0 spiro atoms. The van der Waals surface area contributed by atoms with E-state index in [2.05, 4.69) is 5.32 Å². The van der Waals surface area contributed by atoms with Crippen LogP contribution in [0.15, 0.2) is 36.4 Å². The lowest BCUT2D eigenvalue weighted by Crippen LogP contribution is -2.38. The van der Waals surface area contributed by atoms with Crippen molar-refractivity contribution < 1.29 is 17.9 Å². The molecule has 0 saturated heterocycles. The third-order valence-corrected chi connectivity index (χ3v) is 7.28. The summed E-state index contributed by atoms with van der Waals surface area (Å²) in [5.74, 6) is 0.383. The Labute approximate surface area is 180 Å². The first-order valence-corrected chi connectivity index (χ1v) is 11.5. The summed E-state index contributed by atoms with van der Waals surface area (Å²) < 4.78 is 32.1. The van der Waals surface area contributed by atoms with Gasteiger partial charge in [-0.25, -0.2) is 8.42 Å². The lowest BCUT2D eigenvalue weighted by atomic mass is 10.0. The number of benzene rings is 2. The first-order chi connectivity index (χ1) is 13.8. The van der Waals surface area contributed by atoms with Gasteiger partial charge in [0, 0.05) is 24.7 Å². The van der Waals surface area contributed by atoms with E-state index in [0.717, 1.165) is 16.9 Å². The number of halogens is 2. The molecular weight excluding hydrogens is 435 g/mol. The van der Waals surface area contributed by atoms with Crippen molar-refractivity contribution in [3.05, 3.63) is 63.1 Å². The third-order valence-electron chi connectivity index (χ3n) is 4.82. The van der Waals surface area contributed by atoms with E-state index in [4.69, 9.17) is 27.9 Å². The van der Waals surface area contributed by atoms with Gasteiger partial charge < -0.3 is 10.1 Å². The minimum absolute atomic E-state index is 0.0346. The number of rotatable bonds is 7. The van der Waals surface area contributed by atoms with Gasteiger partial charge in [-0.3, -0.25) is 4.79 Å². The number of methoxy groups -OCH3 is 1. The molecule has 29 heavy (non-hydrogen) atoms. The quantitative estimate of drug-likeness (QED) is 0.646. The minimum Gasteiger partial charge on any atom is -0.497 e. The van der Waals surface area contributed by atoms with Gasteiger partial charge in [0.25, 0.3) is 5.91 Å². The molecule has 0 unspecified atom stereocenters. The summed E-state index contributed by atoms with van der Waals surface area (Å²) in [7, 11) is -1.80. The van der Waals surface area contributed by atoms with E-state index >= 15 is 0 Å². The molecule has 1 aliphatic rings. The van der Waals surface area contributed by atoms with Gasteiger partial charge in [0.05, 0.1) is 23.4 Å². The van der Waals surface area contributed by atoms with Crippen molar-refractivity contribution in [1.82, 2.24) is 9.62 Å². The second-order valence-electron chi connectivity index (χ2n) is 6.77. The van der Waals surface area contributed by atoms with Crippen LogP contribution in [-0.4, -0.2) is 44.6 Å². The molecule has 2 aromatic carbocycles. The van der Waals surface area contributed by atoms with Crippen molar-refractivity contribution in [2.45, 2.75) is 19.4 Å². The van der Waals surface area contributed by atoms with Crippen LogP contribution in [0.2, 0.25) is 10.0 Å². The molecule has 0 fully saturated rings. The first kappa shape index (κ1) is 21.9. The van der Waals surface area contributed by atoms with E-state index < -0.39 is 10.0 Å². The third kappa shape index (κ3) is 5.42. The van der Waals surface area contributed by atoms with Crippen LogP contribution in [0, 0.1) is 0 Å². The van der Waals surface area contributed by atoms with Crippen LogP contribution < -0.4 is 10.1 Å². The van der Waals surface area contributed by atoms with Crippen molar-refractivity contribution in [2.75, 3.05) is 26.0 Å². The van der Waals surface area contributed by atoms with E-state index in [1.165, 1.54) is 16.4 Å². The summed E-state index contributed by atoms with van der Waals surface area (Å²) in [5.41, 5.74) is 2.41. The van der Waals surface area contributed by atoms with Gasteiger partial charge in [-0.15, -0.1) is 0 Å². The van der Waals surface area contributed by atoms with Crippen LogP contribution >= 0.6 is 23.2 Å². The SMILES string of the molecule is COc1ccc2c(c1)CCN(S(=O)(=O)CCCNC(=O)c1ccc(Cl)cc1Cl)C2. The topological polar surface area (TPSA) is 75.7 Å². The monoisotopic (exact) mass is 456 g/mol. The van der Waals surface area contributed by atoms with E-state index in [-0.39, 0.29) is 23.2 Å². The average Bonchev–Trinajstić information content (AvgIpc) is 2.70.